The Bertz CT molecular complexity index is 1210. The number of hydrogen-bond donors (Lipinski definition) is 0. The van der Waals surface area contributed by atoms with E-state index in [0.717, 1.165) is 47.8 Å². The third-order valence-corrected chi connectivity index (χ3v) is 9.26. The zero-order valence-corrected chi connectivity index (χ0v) is 22.1. The van der Waals surface area contributed by atoms with E-state index in [-0.39, 0.29) is 0 Å². The quantitative estimate of drug-likeness (QED) is 0.248. The molecule has 0 saturated carbocycles. The van der Waals surface area contributed by atoms with Gasteiger partial charge in [-0.1, -0.05) is 42.4 Å². The Morgan fingerprint density at radius 2 is 2.00 bits per heavy atom. The summed E-state index contributed by atoms with van der Waals surface area (Å²) in [5.41, 5.74) is 2.81. The molecule has 9 heteroatoms. The van der Waals surface area contributed by atoms with E-state index in [2.05, 4.69) is 11.5 Å². The first-order valence-electron chi connectivity index (χ1n) is 11.8. The van der Waals surface area contributed by atoms with Gasteiger partial charge in [-0.2, -0.15) is 4.31 Å². The molecular weight excluding hydrogens is 490 g/mol. The number of rotatable bonds is 10. The molecule has 4 rings (SSSR count). The monoisotopic (exact) mass is 521 g/mol. The highest BCUT2D eigenvalue weighted by Crippen LogP contribution is 2.30. The molecule has 184 valence electrons. The van der Waals surface area contributed by atoms with E-state index >= 15 is 0 Å². The number of hydrogen-bond acceptors (Lipinski definition) is 5. The molecule has 1 aliphatic heterocycles. The summed E-state index contributed by atoms with van der Waals surface area (Å²) in [6, 6.07) is 13.2. The Labute approximate surface area is 211 Å². The van der Waals surface area contributed by atoms with Crippen LogP contribution in [-0.4, -0.2) is 48.6 Å². The van der Waals surface area contributed by atoms with Gasteiger partial charge in [-0.3, -0.25) is 0 Å². The number of fused-ring (bicyclic) bond motifs is 1. The van der Waals surface area contributed by atoms with Crippen LogP contribution in [0.15, 0.2) is 52.5 Å². The van der Waals surface area contributed by atoms with Crippen LogP contribution in [-0.2, 0) is 27.1 Å². The van der Waals surface area contributed by atoms with Crippen molar-refractivity contribution in [2.75, 3.05) is 26.3 Å². The first-order chi connectivity index (χ1) is 16.4. The third kappa shape index (κ3) is 5.97. The summed E-state index contributed by atoms with van der Waals surface area (Å²) < 4.78 is 35.9. The van der Waals surface area contributed by atoms with Crippen molar-refractivity contribution in [2.24, 2.45) is 5.92 Å². The fourth-order valence-electron chi connectivity index (χ4n) is 4.29. The normalized spacial score (nSPS) is 17.4. The van der Waals surface area contributed by atoms with Crippen LogP contribution in [0.25, 0.3) is 11.0 Å². The Kier molecular flexibility index (Phi) is 8.58. The van der Waals surface area contributed by atoms with Gasteiger partial charge in [0.2, 0.25) is 10.0 Å². The first-order valence-corrected chi connectivity index (χ1v) is 14.6. The maximum Gasteiger partial charge on any atom is 0.243 e. The summed E-state index contributed by atoms with van der Waals surface area (Å²) in [5.74, 6) is 1.13. The van der Waals surface area contributed by atoms with Gasteiger partial charge in [0.05, 0.1) is 15.9 Å². The smallest absolute Gasteiger partial charge is 0.243 e. The van der Waals surface area contributed by atoms with Crippen molar-refractivity contribution in [3.05, 3.63) is 53.1 Å². The van der Waals surface area contributed by atoms with E-state index in [0.29, 0.717) is 47.7 Å². The highest BCUT2D eigenvalue weighted by atomic mass is 35.5. The van der Waals surface area contributed by atoms with Gasteiger partial charge in [-0.25, -0.2) is 13.4 Å². The lowest BCUT2D eigenvalue weighted by molar-refractivity contribution is 0.141. The summed E-state index contributed by atoms with van der Waals surface area (Å²) >= 11 is 7.66. The number of imidazole rings is 1. The van der Waals surface area contributed by atoms with E-state index in [1.165, 1.54) is 0 Å². The molecule has 0 bridgehead atoms. The van der Waals surface area contributed by atoms with E-state index in [9.17, 15) is 8.42 Å². The molecule has 0 radical (unpaired) electrons. The minimum Gasteiger partial charge on any atom is -0.382 e. The van der Waals surface area contributed by atoms with Crippen molar-refractivity contribution in [1.29, 1.82) is 0 Å². The summed E-state index contributed by atoms with van der Waals surface area (Å²) in [6.07, 6.45) is 2.84. The van der Waals surface area contributed by atoms with Gasteiger partial charge in [0.25, 0.3) is 0 Å². The second kappa shape index (κ2) is 11.4. The summed E-state index contributed by atoms with van der Waals surface area (Å²) in [5, 5.41) is 1.59. The number of ether oxygens (including phenoxy) is 1. The lowest BCUT2D eigenvalue weighted by Crippen LogP contribution is -2.39. The molecule has 1 aromatic heterocycles. The van der Waals surface area contributed by atoms with Crippen LogP contribution in [0.2, 0.25) is 5.02 Å². The largest absolute Gasteiger partial charge is 0.382 e. The average Bonchev–Trinajstić information content (AvgIpc) is 3.18. The predicted molar refractivity (Wildman–Crippen MR) is 139 cm³/mol. The van der Waals surface area contributed by atoms with E-state index in [4.69, 9.17) is 21.3 Å². The Morgan fingerprint density at radius 3 is 2.74 bits per heavy atom. The number of halogens is 1. The molecule has 34 heavy (non-hydrogen) atoms. The average molecular weight is 522 g/mol. The van der Waals surface area contributed by atoms with Crippen LogP contribution in [0, 0.1) is 5.92 Å². The van der Waals surface area contributed by atoms with Gasteiger partial charge in [0, 0.05) is 43.6 Å². The fraction of sp³-hybridized carbons (Fsp3) is 0.480. The number of aromatic nitrogens is 2. The molecule has 0 N–H and O–H groups in total. The summed E-state index contributed by atoms with van der Waals surface area (Å²) in [4.78, 5) is 5.18. The Morgan fingerprint density at radius 1 is 1.21 bits per heavy atom. The second-order valence-corrected chi connectivity index (χ2v) is 12.1. The Balaban J connectivity index is 1.62. The van der Waals surface area contributed by atoms with E-state index < -0.39 is 10.0 Å². The van der Waals surface area contributed by atoms with Crippen molar-refractivity contribution in [2.45, 2.75) is 55.5 Å². The molecule has 2 heterocycles. The van der Waals surface area contributed by atoms with Crippen molar-refractivity contribution >= 4 is 44.4 Å². The van der Waals surface area contributed by atoms with Crippen molar-refractivity contribution in [3.8, 4) is 0 Å². The number of thioether (sulfide) groups is 1. The number of nitrogens with zero attached hydrogens (tertiary/aromatic N) is 3. The molecule has 0 amide bonds. The number of benzene rings is 2. The number of piperidine rings is 1. The number of aryl methyl sites for hydroxylation is 1. The van der Waals surface area contributed by atoms with Crippen LogP contribution >= 0.6 is 23.4 Å². The van der Waals surface area contributed by atoms with Gasteiger partial charge < -0.3 is 9.30 Å². The zero-order valence-electron chi connectivity index (χ0n) is 19.7. The summed E-state index contributed by atoms with van der Waals surface area (Å²) in [6.45, 7) is 7.39. The maximum atomic E-state index is 13.3. The SMILES string of the molecule is CCOCCCn1c(SCc2ccc(Cl)cc2)nc2cc(S(=O)(=O)N3CCC[C@@H](C)C3)ccc21. The predicted octanol–water partition coefficient (Wildman–Crippen LogP) is 5.83. The third-order valence-electron chi connectivity index (χ3n) is 6.10. The van der Waals surface area contributed by atoms with Crippen LogP contribution in [0.1, 0.15) is 38.7 Å². The van der Waals surface area contributed by atoms with Crippen molar-refractivity contribution in [3.63, 3.8) is 0 Å². The van der Waals surface area contributed by atoms with Crippen molar-refractivity contribution in [1.82, 2.24) is 13.9 Å². The Hall–Kier alpha value is -1.58. The molecular formula is C25H32ClN3O3S2. The molecule has 1 saturated heterocycles. The topological polar surface area (TPSA) is 64.4 Å². The van der Waals surface area contributed by atoms with E-state index in [1.807, 2.05) is 37.3 Å². The standard InChI is InChI=1S/C25H32ClN3O3S2/c1-3-32-15-5-14-29-24-12-11-22(34(30,31)28-13-4-6-19(2)17-28)16-23(24)27-25(29)33-18-20-7-9-21(26)10-8-20/h7-12,16,19H,3-6,13-15,17-18H2,1-2H3/t19-/m1/s1. The highest BCUT2D eigenvalue weighted by molar-refractivity contribution is 7.98. The van der Waals surface area contributed by atoms with Crippen LogP contribution < -0.4 is 0 Å². The lowest BCUT2D eigenvalue weighted by atomic mass is 10.0. The molecule has 0 unspecified atom stereocenters. The molecule has 1 aliphatic rings. The molecule has 3 aromatic rings. The lowest BCUT2D eigenvalue weighted by Gasteiger charge is -2.30. The zero-order chi connectivity index (χ0) is 24.1. The highest BCUT2D eigenvalue weighted by Gasteiger charge is 2.29. The molecule has 1 fully saturated rings. The molecule has 0 spiro atoms. The molecule has 0 aliphatic carbocycles. The first kappa shape index (κ1) is 25.5. The summed E-state index contributed by atoms with van der Waals surface area (Å²) in [7, 11) is -3.53. The van der Waals surface area contributed by atoms with Crippen LogP contribution in [0.4, 0.5) is 0 Å². The van der Waals surface area contributed by atoms with Crippen molar-refractivity contribution < 1.29 is 13.2 Å². The minimum absolute atomic E-state index is 0.322. The van der Waals surface area contributed by atoms with Gasteiger partial charge in [0.1, 0.15) is 0 Å². The van der Waals surface area contributed by atoms with Crippen LogP contribution in [0.5, 0.6) is 0 Å². The van der Waals surface area contributed by atoms with Gasteiger partial charge in [0.15, 0.2) is 5.16 Å². The molecule has 6 nitrogen and oxygen atoms in total. The van der Waals surface area contributed by atoms with Gasteiger partial charge in [-0.05, 0) is 68.0 Å². The van der Waals surface area contributed by atoms with E-state index in [1.54, 1.807) is 28.2 Å². The number of sulfonamides is 1. The van der Waals surface area contributed by atoms with Gasteiger partial charge in [-0.15, -0.1) is 0 Å². The second-order valence-electron chi connectivity index (χ2n) is 8.77. The van der Waals surface area contributed by atoms with Gasteiger partial charge >= 0.3 is 0 Å². The molecule has 2 aromatic carbocycles. The minimum atomic E-state index is -3.53. The molecule has 1 atom stereocenters. The van der Waals surface area contributed by atoms with Crippen LogP contribution in [0.3, 0.4) is 0 Å². The maximum absolute atomic E-state index is 13.3. The fourth-order valence-corrected chi connectivity index (χ4v) is 7.03.